The highest BCUT2D eigenvalue weighted by Gasteiger charge is 2.17. The zero-order valence-electron chi connectivity index (χ0n) is 10.5. The van der Waals surface area contributed by atoms with Gasteiger partial charge in [-0.05, 0) is 19.1 Å². The number of amides is 1. The summed E-state index contributed by atoms with van der Waals surface area (Å²) in [7, 11) is 0. The molecule has 1 aromatic rings. The highest BCUT2D eigenvalue weighted by atomic mass is 32.2. The zero-order chi connectivity index (χ0) is 12.8. The third kappa shape index (κ3) is 3.66. The second kappa shape index (κ2) is 6.54. The molecule has 0 aliphatic carbocycles. The zero-order valence-corrected chi connectivity index (χ0v) is 11.4. The molecule has 4 N–H and O–H groups in total. The van der Waals surface area contributed by atoms with Crippen LogP contribution in [-0.4, -0.2) is 33.7 Å². The number of hydrogen-bond donors (Lipinski definition) is 3. The number of H-pyrrole nitrogens is 1. The third-order valence-electron chi connectivity index (χ3n) is 2.40. The van der Waals surface area contributed by atoms with Gasteiger partial charge in [-0.1, -0.05) is 13.8 Å². The maximum absolute atomic E-state index is 11.9. The fraction of sp³-hybridized carbons (Fsp3) is 0.636. The molecule has 0 aliphatic heterocycles. The van der Waals surface area contributed by atoms with E-state index in [9.17, 15) is 4.79 Å². The van der Waals surface area contributed by atoms with Crippen molar-refractivity contribution in [3.8, 4) is 0 Å². The van der Waals surface area contributed by atoms with Gasteiger partial charge in [0.05, 0.1) is 11.4 Å². The molecule has 96 valence electrons. The Balaban J connectivity index is 2.60. The average molecular weight is 256 g/mol. The van der Waals surface area contributed by atoms with Gasteiger partial charge in [0.15, 0.2) is 5.69 Å². The summed E-state index contributed by atoms with van der Waals surface area (Å²) in [6, 6.07) is 0.119. The molecule has 0 bridgehead atoms. The Morgan fingerprint density at radius 2 is 2.29 bits per heavy atom. The van der Waals surface area contributed by atoms with Crippen molar-refractivity contribution in [2.75, 3.05) is 17.2 Å². The number of aryl methyl sites for hydroxylation is 1. The van der Waals surface area contributed by atoms with Gasteiger partial charge >= 0.3 is 0 Å². The van der Waals surface area contributed by atoms with E-state index in [0.717, 1.165) is 23.6 Å². The van der Waals surface area contributed by atoms with Crippen LogP contribution < -0.4 is 11.1 Å². The van der Waals surface area contributed by atoms with E-state index in [1.165, 1.54) is 0 Å². The SMILES string of the molecule is CCSCC(C)NC(=O)c1n[nH]c(CC)c1N. The van der Waals surface area contributed by atoms with Gasteiger partial charge in [0, 0.05) is 11.8 Å². The number of carbonyl (C=O) groups excluding carboxylic acids is 1. The molecule has 1 atom stereocenters. The number of aromatic amines is 1. The molecule has 0 aromatic carbocycles. The summed E-state index contributed by atoms with van der Waals surface area (Å²) in [5.41, 5.74) is 7.40. The Labute approximate surface area is 106 Å². The van der Waals surface area contributed by atoms with Gasteiger partial charge in [0.1, 0.15) is 0 Å². The largest absolute Gasteiger partial charge is 0.395 e. The van der Waals surface area contributed by atoms with Crippen molar-refractivity contribution in [3.05, 3.63) is 11.4 Å². The number of anilines is 1. The van der Waals surface area contributed by atoms with Crippen LogP contribution in [0.4, 0.5) is 5.69 Å². The number of hydrogen-bond acceptors (Lipinski definition) is 4. The summed E-state index contributed by atoms with van der Waals surface area (Å²) in [5.74, 6) is 1.74. The molecule has 17 heavy (non-hydrogen) atoms. The first-order valence-electron chi connectivity index (χ1n) is 5.81. The van der Waals surface area contributed by atoms with Crippen molar-refractivity contribution in [2.45, 2.75) is 33.2 Å². The van der Waals surface area contributed by atoms with Crippen molar-refractivity contribution in [1.82, 2.24) is 15.5 Å². The minimum absolute atomic E-state index is 0.119. The Hall–Kier alpha value is -1.17. The number of carbonyl (C=O) groups is 1. The highest BCUT2D eigenvalue weighted by molar-refractivity contribution is 7.99. The summed E-state index contributed by atoms with van der Waals surface area (Å²) in [6.07, 6.45) is 0.743. The smallest absolute Gasteiger partial charge is 0.274 e. The molecule has 0 aliphatic rings. The molecule has 1 amide bonds. The Kier molecular flexibility index (Phi) is 5.34. The van der Waals surface area contributed by atoms with Crippen LogP contribution in [0.1, 0.15) is 37.0 Å². The first-order chi connectivity index (χ1) is 8.10. The number of rotatable bonds is 6. The van der Waals surface area contributed by atoms with E-state index in [1.54, 1.807) is 11.8 Å². The number of nitrogens with zero attached hydrogens (tertiary/aromatic N) is 1. The lowest BCUT2D eigenvalue weighted by Gasteiger charge is -2.12. The van der Waals surface area contributed by atoms with E-state index in [-0.39, 0.29) is 11.9 Å². The predicted octanol–water partition coefficient (Wildman–Crippen LogP) is 1.43. The molecule has 1 rings (SSSR count). The summed E-state index contributed by atoms with van der Waals surface area (Å²) in [4.78, 5) is 11.9. The van der Waals surface area contributed by atoms with E-state index in [4.69, 9.17) is 5.73 Å². The first kappa shape index (κ1) is 13.9. The molecule has 0 radical (unpaired) electrons. The van der Waals surface area contributed by atoms with Crippen LogP contribution in [0.3, 0.4) is 0 Å². The number of aromatic nitrogens is 2. The van der Waals surface area contributed by atoms with E-state index in [0.29, 0.717) is 11.4 Å². The van der Waals surface area contributed by atoms with Crippen LogP contribution in [0, 0.1) is 0 Å². The summed E-state index contributed by atoms with van der Waals surface area (Å²) in [6.45, 7) is 6.04. The molecule has 0 saturated carbocycles. The molecule has 1 unspecified atom stereocenters. The molecule has 0 saturated heterocycles. The van der Waals surface area contributed by atoms with Gasteiger partial charge in [-0.2, -0.15) is 16.9 Å². The molecule has 0 spiro atoms. The fourth-order valence-corrected chi connectivity index (χ4v) is 2.13. The number of nitrogens with two attached hydrogens (primary N) is 1. The van der Waals surface area contributed by atoms with E-state index < -0.39 is 0 Å². The average Bonchev–Trinajstić information content (AvgIpc) is 2.67. The number of thioether (sulfide) groups is 1. The van der Waals surface area contributed by atoms with Gasteiger partial charge in [-0.15, -0.1) is 0 Å². The standard InChI is InChI=1S/C11H20N4OS/c1-4-8-9(12)10(15-14-8)11(16)13-7(3)6-17-5-2/h7H,4-6,12H2,1-3H3,(H,13,16)(H,14,15). The van der Waals surface area contributed by atoms with Gasteiger partial charge in [0.25, 0.3) is 5.91 Å². The van der Waals surface area contributed by atoms with Crippen LogP contribution in [0.2, 0.25) is 0 Å². The Morgan fingerprint density at radius 1 is 1.59 bits per heavy atom. The van der Waals surface area contributed by atoms with Crippen molar-refractivity contribution in [2.24, 2.45) is 0 Å². The quantitative estimate of drug-likeness (QED) is 0.719. The molecule has 6 heteroatoms. The second-order valence-electron chi connectivity index (χ2n) is 3.85. The maximum Gasteiger partial charge on any atom is 0.274 e. The third-order valence-corrected chi connectivity index (χ3v) is 3.54. The molecule has 5 nitrogen and oxygen atoms in total. The van der Waals surface area contributed by atoms with Crippen LogP contribution >= 0.6 is 11.8 Å². The van der Waals surface area contributed by atoms with E-state index >= 15 is 0 Å². The molecule has 1 heterocycles. The summed E-state index contributed by atoms with van der Waals surface area (Å²) in [5, 5.41) is 9.62. The van der Waals surface area contributed by atoms with Crippen molar-refractivity contribution in [3.63, 3.8) is 0 Å². The topological polar surface area (TPSA) is 83.8 Å². The van der Waals surface area contributed by atoms with Crippen LogP contribution in [0.15, 0.2) is 0 Å². The minimum atomic E-state index is -0.206. The first-order valence-corrected chi connectivity index (χ1v) is 6.96. The Bertz CT molecular complexity index is 378. The lowest BCUT2D eigenvalue weighted by atomic mass is 10.2. The van der Waals surface area contributed by atoms with E-state index in [2.05, 4.69) is 22.4 Å². The lowest BCUT2D eigenvalue weighted by molar-refractivity contribution is 0.0939. The van der Waals surface area contributed by atoms with Crippen molar-refractivity contribution >= 4 is 23.4 Å². The molecule has 0 fully saturated rings. The van der Waals surface area contributed by atoms with E-state index in [1.807, 2.05) is 13.8 Å². The van der Waals surface area contributed by atoms with Gasteiger partial charge < -0.3 is 11.1 Å². The predicted molar refractivity (Wildman–Crippen MR) is 72.3 cm³/mol. The fourth-order valence-electron chi connectivity index (χ4n) is 1.46. The van der Waals surface area contributed by atoms with Gasteiger partial charge in [-0.25, -0.2) is 0 Å². The summed E-state index contributed by atoms with van der Waals surface area (Å²) >= 11 is 1.79. The van der Waals surface area contributed by atoms with Crippen molar-refractivity contribution in [1.29, 1.82) is 0 Å². The minimum Gasteiger partial charge on any atom is -0.395 e. The molecule has 1 aromatic heterocycles. The van der Waals surface area contributed by atoms with Gasteiger partial charge in [-0.3, -0.25) is 9.89 Å². The summed E-state index contributed by atoms with van der Waals surface area (Å²) < 4.78 is 0. The molecular formula is C11H20N4OS. The maximum atomic E-state index is 11.9. The highest BCUT2D eigenvalue weighted by Crippen LogP contribution is 2.14. The number of nitrogens with one attached hydrogen (secondary N) is 2. The van der Waals surface area contributed by atoms with Crippen molar-refractivity contribution < 1.29 is 4.79 Å². The van der Waals surface area contributed by atoms with Gasteiger partial charge in [0.2, 0.25) is 0 Å². The lowest BCUT2D eigenvalue weighted by Crippen LogP contribution is -2.34. The number of nitrogen functional groups attached to an aromatic ring is 1. The monoisotopic (exact) mass is 256 g/mol. The Morgan fingerprint density at radius 3 is 2.82 bits per heavy atom. The molecular weight excluding hydrogens is 236 g/mol. The van der Waals surface area contributed by atoms with Crippen LogP contribution in [0.25, 0.3) is 0 Å². The second-order valence-corrected chi connectivity index (χ2v) is 5.17. The van der Waals surface area contributed by atoms with Crippen LogP contribution in [-0.2, 0) is 6.42 Å². The normalized spacial score (nSPS) is 12.4. The van der Waals surface area contributed by atoms with Crippen LogP contribution in [0.5, 0.6) is 0 Å².